The minimum absolute atomic E-state index is 0.0265. The SMILES string of the molecule is CCCCC(C)(Pc1ccccc1/C=N/C(C)(C)C)c1cc(C(C)(C)C)cc(C(C)(C)C)c1OCc1ccccc1. The molecule has 0 aliphatic carbocycles. The first-order chi connectivity index (χ1) is 19.0. The molecule has 0 saturated heterocycles. The van der Waals surface area contributed by atoms with Crippen LogP contribution in [-0.4, -0.2) is 11.8 Å². The van der Waals surface area contributed by atoms with Gasteiger partial charge in [0.2, 0.25) is 0 Å². The maximum Gasteiger partial charge on any atom is 0.127 e. The first-order valence-corrected chi connectivity index (χ1v) is 16.3. The fraction of sp³-hybridized carbons (Fsp3) is 0.500. The molecule has 3 rings (SSSR count). The predicted molar refractivity (Wildman–Crippen MR) is 183 cm³/mol. The monoisotopic (exact) mass is 571 g/mol. The number of hydrogen-bond donors (Lipinski definition) is 0. The Labute approximate surface area is 253 Å². The molecule has 0 saturated carbocycles. The van der Waals surface area contributed by atoms with Crippen LogP contribution in [0.1, 0.15) is 123 Å². The summed E-state index contributed by atoms with van der Waals surface area (Å²) in [5.41, 5.74) is 6.29. The second-order valence-electron chi connectivity index (χ2n) is 14.8. The van der Waals surface area contributed by atoms with Crippen LogP contribution in [-0.2, 0) is 22.6 Å². The highest BCUT2D eigenvalue weighted by atomic mass is 31.1. The Kier molecular flexibility index (Phi) is 10.7. The Morgan fingerprint density at radius 1 is 0.756 bits per heavy atom. The van der Waals surface area contributed by atoms with E-state index >= 15 is 0 Å². The van der Waals surface area contributed by atoms with Crippen LogP contribution >= 0.6 is 8.58 Å². The van der Waals surface area contributed by atoms with Crippen molar-refractivity contribution in [1.29, 1.82) is 0 Å². The predicted octanol–water partition coefficient (Wildman–Crippen LogP) is 10.5. The van der Waals surface area contributed by atoms with Gasteiger partial charge >= 0.3 is 0 Å². The number of rotatable bonds is 10. The van der Waals surface area contributed by atoms with Gasteiger partial charge in [0.15, 0.2) is 0 Å². The second-order valence-corrected chi connectivity index (χ2v) is 16.6. The maximum atomic E-state index is 6.91. The van der Waals surface area contributed by atoms with Crippen LogP contribution in [0.2, 0.25) is 0 Å². The molecule has 2 unspecified atom stereocenters. The fourth-order valence-corrected chi connectivity index (χ4v) is 6.68. The number of benzene rings is 3. The van der Waals surface area contributed by atoms with Crippen LogP contribution < -0.4 is 10.0 Å². The summed E-state index contributed by atoms with van der Waals surface area (Å²) in [5, 5.41) is 1.28. The Morgan fingerprint density at radius 2 is 1.37 bits per heavy atom. The summed E-state index contributed by atoms with van der Waals surface area (Å²) in [7, 11) is 0.584. The van der Waals surface area contributed by atoms with Gasteiger partial charge in [0.1, 0.15) is 12.4 Å². The molecular formula is C38H54NOP. The molecule has 222 valence electrons. The summed E-state index contributed by atoms with van der Waals surface area (Å²) < 4.78 is 6.91. The summed E-state index contributed by atoms with van der Waals surface area (Å²) in [5.74, 6) is 1.07. The molecule has 0 aromatic heterocycles. The third-order valence-electron chi connectivity index (χ3n) is 7.58. The van der Waals surface area contributed by atoms with E-state index in [0.717, 1.165) is 12.2 Å². The molecule has 3 aromatic rings. The highest BCUT2D eigenvalue weighted by molar-refractivity contribution is 7.48. The quantitative estimate of drug-likeness (QED) is 0.175. The van der Waals surface area contributed by atoms with Gasteiger partial charge in [-0.25, -0.2) is 0 Å². The lowest BCUT2D eigenvalue weighted by Gasteiger charge is -2.37. The van der Waals surface area contributed by atoms with Crippen molar-refractivity contribution >= 4 is 20.1 Å². The van der Waals surface area contributed by atoms with Crippen LogP contribution in [0.4, 0.5) is 0 Å². The van der Waals surface area contributed by atoms with Gasteiger partial charge in [-0.2, -0.15) is 0 Å². The highest BCUT2D eigenvalue weighted by Crippen LogP contribution is 2.52. The molecule has 0 bridgehead atoms. The zero-order chi connectivity index (χ0) is 30.5. The molecule has 0 aliphatic heterocycles. The fourth-order valence-electron chi connectivity index (χ4n) is 4.99. The summed E-state index contributed by atoms with van der Waals surface area (Å²) in [6.45, 7) is 25.7. The molecule has 41 heavy (non-hydrogen) atoms. The van der Waals surface area contributed by atoms with Crippen molar-refractivity contribution in [3.05, 3.63) is 94.5 Å². The normalized spacial score (nSPS) is 14.6. The van der Waals surface area contributed by atoms with E-state index < -0.39 is 0 Å². The van der Waals surface area contributed by atoms with E-state index in [9.17, 15) is 0 Å². The Hall–Kier alpha value is -2.44. The summed E-state index contributed by atoms with van der Waals surface area (Å²) in [6, 6.07) is 24.3. The summed E-state index contributed by atoms with van der Waals surface area (Å²) in [4.78, 5) is 4.88. The third-order valence-corrected chi connectivity index (χ3v) is 9.37. The van der Waals surface area contributed by atoms with E-state index in [4.69, 9.17) is 9.73 Å². The van der Waals surface area contributed by atoms with Gasteiger partial charge in [0.05, 0.1) is 5.54 Å². The lowest BCUT2D eigenvalue weighted by atomic mass is 9.76. The van der Waals surface area contributed by atoms with Gasteiger partial charge < -0.3 is 4.74 Å². The van der Waals surface area contributed by atoms with Crippen LogP contribution in [0, 0.1) is 0 Å². The Balaban J connectivity index is 2.27. The van der Waals surface area contributed by atoms with Crippen LogP contribution in [0.15, 0.2) is 71.7 Å². The van der Waals surface area contributed by atoms with E-state index in [2.05, 4.69) is 149 Å². The molecule has 0 spiro atoms. The smallest absolute Gasteiger partial charge is 0.127 e. The van der Waals surface area contributed by atoms with Gasteiger partial charge in [-0.05, 0) is 60.0 Å². The molecule has 2 nitrogen and oxygen atoms in total. The number of aliphatic imine (C=N–C) groups is 1. The first-order valence-electron chi connectivity index (χ1n) is 15.3. The molecular weight excluding hydrogens is 517 g/mol. The van der Waals surface area contributed by atoms with Crippen molar-refractivity contribution in [2.75, 3.05) is 0 Å². The highest BCUT2D eigenvalue weighted by Gasteiger charge is 2.35. The Morgan fingerprint density at radius 3 is 1.95 bits per heavy atom. The van der Waals surface area contributed by atoms with Gasteiger partial charge in [0, 0.05) is 22.5 Å². The van der Waals surface area contributed by atoms with Gasteiger partial charge in [-0.1, -0.05) is 144 Å². The van der Waals surface area contributed by atoms with Crippen molar-refractivity contribution in [1.82, 2.24) is 0 Å². The Bertz CT molecular complexity index is 1300. The van der Waals surface area contributed by atoms with E-state index in [1.165, 1.54) is 46.0 Å². The number of nitrogens with zero attached hydrogens (tertiary/aromatic N) is 1. The van der Waals surface area contributed by atoms with Crippen molar-refractivity contribution in [2.24, 2.45) is 4.99 Å². The van der Waals surface area contributed by atoms with Crippen LogP contribution in [0.25, 0.3) is 0 Å². The molecule has 0 fully saturated rings. The zero-order valence-corrected chi connectivity index (χ0v) is 28.6. The molecule has 0 aliphatic rings. The van der Waals surface area contributed by atoms with Crippen molar-refractivity contribution in [2.45, 2.75) is 124 Å². The number of unbranched alkanes of at least 4 members (excludes halogenated alkanes) is 1. The van der Waals surface area contributed by atoms with Crippen LogP contribution in [0.3, 0.4) is 0 Å². The van der Waals surface area contributed by atoms with E-state index in [1.807, 2.05) is 0 Å². The number of ether oxygens (including phenoxy) is 1. The average molecular weight is 572 g/mol. The topological polar surface area (TPSA) is 21.6 Å². The molecule has 2 atom stereocenters. The first kappa shape index (κ1) is 33.1. The van der Waals surface area contributed by atoms with Gasteiger partial charge in [-0.15, -0.1) is 0 Å². The number of hydrogen-bond acceptors (Lipinski definition) is 2. The lowest BCUT2D eigenvalue weighted by Crippen LogP contribution is -2.26. The molecule has 3 aromatic carbocycles. The zero-order valence-electron chi connectivity index (χ0n) is 27.6. The lowest BCUT2D eigenvalue weighted by molar-refractivity contribution is 0.290. The standard InChI is InChI=1S/C38H54NOP/c1-12-13-23-38(11,41-33-22-18-17-21-29(33)26-39-37(8,9)10)32-25-30(35(2,3)4)24-31(36(5,6)7)34(32)40-27-28-19-15-14-16-20-28/h14-22,24-26,41H,12-13,23,27H2,1-11H3/b39-26+. The van der Waals surface area contributed by atoms with Gasteiger partial charge in [0.25, 0.3) is 0 Å². The van der Waals surface area contributed by atoms with E-state index in [-0.39, 0.29) is 21.5 Å². The minimum atomic E-state index is -0.108. The molecule has 0 radical (unpaired) electrons. The summed E-state index contributed by atoms with van der Waals surface area (Å²) in [6.07, 6.45) is 5.52. The molecule has 0 amide bonds. The van der Waals surface area contributed by atoms with E-state index in [0.29, 0.717) is 15.2 Å². The average Bonchev–Trinajstić information content (AvgIpc) is 2.89. The maximum absolute atomic E-state index is 6.91. The molecule has 0 N–H and O–H groups in total. The molecule has 0 heterocycles. The van der Waals surface area contributed by atoms with Crippen molar-refractivity contribution in [3.63, 3.8) is 0 Å². The van der Waals surface area contributed by atoms with Gasteiger partial charge in [-0.3, -0.25) is 4.99 Å². The largest absolute Gasteiger partial charge is 0.488 e. The van der Waals surface area contributed by atoms with Crippen molar-refractivity contribution in [3.8, 4) is 5.75 Å². The third kappa shape index (κ3) is 9.27. The van der Waals surface area contributed by atoms with Crippen molar-refractivity contribution < 1.29 is 4.74 Å². The summed E-state index contributed by atoms with van der Waals surface area (Å²) >= 11 is 0. The molecule has 3 heteroatoms. The second kappa shape index (κ2) is 13.2. The minimum Gasteiger partial charge on any atom is -0.488 e. The van der Waals surface area contributed by atoms with E-state index in [1.54, 1.807) is 0 Å². The van der Waals surface area contributed by atoms with Crippen LogP contribution in [0.5, 0.6) is 5.75 Å².